The van der Waals surface area contributed by atoms with E-state index in [-0.39, 0.29) is 5.54 Å². The second kappa shape index (κ2) is 3.39. The highest BCUT2D eigenvalue weighted by molar-refractivity contribution is 5.55. The van der Waals surface area contributed by atoms with Crippen molar-refractivity contribution in [3.63, 3.8) is 0 Å². The molecule has 3 heteroatoms. The first-order valence-corrected chi connectivity index (χ1v) is 5.89. The molecule has 3 nitrogen and oxygen atoms in total. The minimum absolute atomic E-state index is 0.182. The molecular formula is C13H17NO2. The third-order valence-corrected chi connectivity index (χ3v) is 3.67. The topological polar surface area (TPSA) is 44.5 Å². The summed E-state index contributed by atoms with van der Waals surface area (Å²) >= 11 is 0. The summed E-state index contributed by atoms with van der Waals surface area (Å²) in [5.41, 5.74) is 8.43. The van der Waals surface area contributed by atoms with Crippen LogP contribution in [0.2, 0.25) is 0 Å². The summed E-state index contributed by atoms with van der Waals surface area (Å²) in [6, 6.07) is 4.18. The first-order valence-electron chi connectivity index (χ1n) is 5.89. The summed E-state index contributed by atoms with van der Waals surface area (Å²) in [4.78, 5) is 0. The standard InChI is InChI=1S/C13H17NO2/c1-9-3-4-10(13(14)5-2-6-13)12-11(9)15-7-8-16-12/h3-4H,2,5-8,14H2,1H3. The zero-order chi connectivity index (χ0) is 11.2. The van der Waals surface area contributed by atoms with Crippen molar-refractivity contribution >= 4 is 0 Å². The molecule has 0 spiro atoms. The Morgan fingerprint density at radius 2 is 1.81 bits per heavy atom. The maximum absolute atomic E-state index is 6.36. The summed E-state index contributed by atoms with van der Waals surface area (Å²) in [5, 5.41) is 0. The van der Waals surface area contributed by atoms with Gasteiger partial charge in [0.25, 0.3) is 0 Å². The smallest absolute Gasteiger partial charge is 0.166 e. The van der Waals surface area contributed by atoms with E-state index in [0.29, 0.717) is 13.2 Å². The number of hydrogen-bond donors (Lipinski definition) is 1. The van der Waals surface area contributed by atoms with Crippen molar-refractivity contribution in [2.24, 2.45) is 5.73 Å². The van der Waals surface area contributed by atoms with Crippen molar-refractivity contribution in [3.8, 4) is 11.5 Å². The monoisotopic (exact) mass is 219 g/mol. The lowest BCUT2D eigenvalue weighted by atomic mass is 9.72. The van der Waals surface area contributed by atoms with Crippen molar-refractivity contribution in [3.05, 3.63) is 23.3 Å². The molecular weight excluding hydrogens is 202 g/mol. The Kier molecular flexibility index (Phi) is 2.11. The Morgan fingerprint density at radius 3 is 2.44 bits per heavy atom. The van der Waals surface area contributed by atoms with Gasteiger partial charge < -0.3 is 15.2 Å². The van der Waals surface area contributed by atoms with Crippen LogP contribution in [0.5, 0.6) is 11.5 Å². The third-order valence-electron chi connectivity index (χ3n) is 3.67. The maximum atomic E-state index is 6.36. The fourth-order valence-electron chi connectivity index (χ4n) is 2.49. The van der Waals surface area contributed by atoms with E-state index >= 15 is 0 Å². The van der Waals surface area contributed by atoms with Crippen LogP contribution < -0.4 is 15.2 Å². The molecule has 1 aromatic rings. The van der Waals surface area contributed by atoms with Crippen LogP contribution >= 0.6 is 0 Å². The Morgan fingerprint density at radius 1 is 1.12 bits per heavy atom. The highest BCUT2D eigenvalue weighted by atomic mass is 16.6. The number of ether oxygens (including phenoxy) is 2. The number of aryl methyl sites for hydroxylation is 1. The molecule has 1 saturated carbocycles. The van der Waals surface area contributed by atoms with Gasteiger partial charge in [0.2, 0.25) is 0 Å². The molecule has 1 aromatic carbocycles. The largest absolute Gasteiger partial charge is 0.486 e. The molecule has 3 rings (SSSR count). The van der Waals surface area contributed by atoms with E-state index in [1.54, 1.807) is 0 Å². The van der Waals surface area contributed by atoms with Gasteiger partial charge in [0.05, 0.1) is 0 Å². The van der Waals surface area contributed by atoms with Gasteiger partial charge in [-0.05, 0) is 31.7 Å². The van der Waals surface area contributed by atoms with E-state index in [0.717, 1.165) is 35.5 Å². The molecule has 1 aliphatic heterocycles. The summed E-state index contributed by atoms with van der Waals surface area (Å²) in [6.45, 7) is 3.30. The van der Waals surface area contributed by atoms with Crippen molar-refractivity contribution in [2.45, 2.75) is 31.7 Å². The number of benzene rings is 1. The van der Waals surface area contributed by atoms with Crippen LogP contribution in [0.25, 0.3) is 0 Å². The molecule has 86 valence electrons. The van der Waals surface area contributed by atoms with E-state index in [1.807, 2.05) is 6.92 Å². The molecule has 0 unspecified atom stereocenters. The van der Waals surface area contributed by atoms with Gasteiger partial charge in [0.1, 0.15) is 13.2 Å². The molecule has 0 saturated heterocycles. The second-order valence-electron chi connectivity index (χ2n) is 4.79. The van der Waals surface area contributed by atoms with Crippen LogP contribution in [0.3, 0.4) is 0 Å². The van der Waals surface area contributed by atoms with E-state index in [2.05, 4.69) is 12.1 Å². The molecule has 16 heavy (non-hydrogen) atoms. The number of fused-ring (bicyclic) bond motifs is 1. The van der Waals surface area contributed by atoms with Crippen LogP contribution in [-0.2, 0) is 5.54 Å². The molecule has 1 heterocycles. The fourth-order valence-corrected chi connectivity index (χ4v) is 2.49. The molecule has 0 aromatic heterocycles. The minimum Gasteiger partial charge on any atom is -0.486 e. The molecule has 0 atom stereocenters. The summed E-state index contributed by atoms with van der Waals surface area (Å²) in [6.07, 6.45) is 3.30. The predicted octanol–water partition coefficient (Wildman–Crippen LogP) is 2.10. The summed E-state index contributed by atoms with van der Waals surface area (Å²) in [7, 11) is 0. The van der Waals surface area contributed by atoms with E-state index in [1.165, 1.54) is 6.42 Å². The van der Waals surface area contributed by atoms with Gasteiger partial charge in [-0.2, -0.15) is 0 Å². The minimum atomic E-state index is -0.182. The van der Waals surface area contributed by atoms with Crippen molar-refractivity contribution < 1.29 is 9.47 Å². The Balaban J connectivity index is 2.11. The Hall–Kier alpha value is -1.22. The van der Waals surface area contributed by atoms with Gasteiger partial charge in [-0.1, -0.05) is 12.1 Å². The molecule has 1 fully saturated rings. The molecule has 0 radical (unpaired) electrons. The fraction of sp³-hybridized carbons (Fsp3) is 0.538. The predicted molar refractivity (Wildman–Crippen MR) is 61.9 cm³/mol. The highest BCUT2D eigenvalue weighted by Crippen LogP contribution is 2.47. The van der Waals surface area contributed by atoms with Crippen LogP contribution in [0, 0.1) is 6.92 Å². The Bertz CT molecular complexity index is 424. The van der Waals surface area contributed by atoms with Crippen LogP contribution in [0.15, 0.2) is 12.1 Å². The summed E-state index contributed by atoms with van der Waals surface area (Å²) in [5.74, 6) is 1.77. The van der Waals surface area contributed by atoms with Crippen molar-refractivity contribution in [1.82, 2.24) is 0 Å². The van der Waals surface area contributed by atoms with Gasteiger partial charge >= 0.3 is 0 Å². The van der Waals surface area contributed by atoms with Gasteiger partial charge in [0.15, 0.2) is 11.5 Å². The average molecular weight is 219 g/mol. The number of hydrogen-bond acceptors (Lipinski definition) is 3. The zero-order valence-electron chi connectivity index (χ0n) is 9.58. The first-order chi connectivity index (χ1) is 7.71. The average Bonchev–Trinajstić information content (AvgIpc) is 2.27. The van der Waals surface area contributed by atoms with Gasteiger partial charge in [0, 0.05) is 11.1 Å². The first kappa shape index (κ1) is 9.97. The molecule has 2 aliphatic rings. The van der Waals surface area contributed by atoms with E-state index in [4.69, 9.17) is 15.2 Å². The Labute approximate surface area is 95.5 Å². The molecule has 1 aliphatic carbocycles. The number of rotatable bonds is 1. The lowest BCUT2D eigenvalue weighted by Gasteiger charge is -2.40. The van der Waals surface area contributed by atoms with Crippen LogP contribution in [0.1, 0.15) is 30.4 Å². The molecule has 0 bridgehead atoms. The van der Waals surface area contributed by atoms with Crippen LogP contribution in [0.4, 0.5) is 0 Å². The van der Waals surface area contributed by atoms with E-state index < -0.39 is 0 Å². The normalized spacial score (nSPS) is 21.4. The lowest BCUT2D eigenvalue weighted by Crippen LogP contribution is -2.44. The van der Waals surface area contributed by atoms with Gasteiger partial charge in [-0.25, -0.2) is 0 Å². The SMILES string of the molecule is Cc1ccc(C2(N)CCC2)c2c1OCCO2. The van der Waals surface area contributed by atoms with Crippen molar-refractivity contribution in [2.75, 3.05) is 13.2 Å². The zero-order valence-corrected chi connectivity index (χ0v) is 9.58. The highest BCUT2D eigenvalue weighted by Gasteiger charge is 2.38. The maximum Gasteiger partial charge on any atom is 0.166 e. The van der Waals surface area contributed by atoms with Gasteiger partial charge in [-0.3, -0.25) is 0 Å². The second-order valence-corrected chi connectivity index (χ2v) is 4.79. The van der Waals surface area contributed by atoms with Gasteiger partial charge in [-0.15, -0.1) is 0 Å². The third kappa shape index (κ3) is 1.31. The number of nitrogens with two attached hydrogens (primary N) is 1. The van der Waals surface area contributed by atoms with Crippen LogP contribution in [-0.4, -0.2) is 13.2 Å². The van der Waals surface area contributed by atoms with E-state index in [9.17, 15) is 0 Å². The molecule has 2 N–H and O–H groups in total. The van der Waals surface area contributed by atoms with Crippen molar-refractivity contribution in [1.29, 1.82) is 0 Å². The molecule has 0 amide bonds. The lowest BCUT2D eigenvalue weighted by molar-refractivity contribution is 0.158. The summed E-state index contributed by atoms with van der Waals surface area (Å²) < 4.78 is 11.4. The quantitative estimate of drug-likeness (QED) is 0.786.